The van der Waals surface area contributed by atoms with Gasteiger partial charge in [0.2, 0.25) is 5.91 Å². The topological polar surface area (TPSA) is 72.5 Å². The van der Waals surface area contributed by atoms with Crippen LogP contribution in [0.4, 0.5) is 0 Å². The molecule has 1 amide bonds. The number of benzene rings is 1. The van der Waals surface area contributed by atoms with Crippen molar-refractivity contribution in [3.63, 3.8) is 0 Å². The molecule has 0 radical (unpaired) electrons. The van der Waals surface area contributed by atoms with E-state index in [-0.39, 0.29) is 24.7 Å². The van der Waals surface area contributed by atoms with Crippen LogP contribution in [0.15, 0.2) is 30.3 Å². The van der Waals surface area contributed by atoms with Gasteiger partial charge in [0, 0.05) is 12.8 Å². The lowest BCUT2D eigenvalue weighted by Gasteiger charge is -2.17. The molecule has 0 saturated heterocycles. The van der Waals surface area contributed by atoms with Crippen LogP contribution in [0.25, 0.3) is 0 Å². The molecule has 0 saturated carbocycles. The van der Waals surface area contributed by atoms with Crippen molar-refractivity contribution >= 4 is 17.7 Å². The molecule has 150 valence electrons. The van der Waals surface area contributed by atoms with Crippen LogP contribution >= 0.6 is 0 Å². The summed E-state index contributed by atoms with van der Waals surface area (Å²) >= 11 is 0. The normalized spacial score (nSPS) is 9.54. The Bertz CT molecular complexity index is 472. The summed E-state index contributed by atoms with van der Waals surface area (Å²) in [6, 6.07) is 8.54. The Morgan fingerprint density at radius 2 is 1.46 bits per heavy atom. The van der Waals surface area contributed by atoms with Crippen LogP contribution in [0, 0.1) is 0 Å². The zero-order valence-corrected chi connectivity index (χ0v) is 17.7. The van der Waals surface area contributed by atoms with Gasteiger partial charge in [0.15, 0.2) is 5.78 Å². The third-order valence-electron chi connectivity index (χ3n) is 2.64. The minimum Gasteiger partial charge on any atom is -0.456 e. The van der Waals surface area contributed by atoms with E-state index in [0.717, 1.165) is 5.56 Å². The number of ether oxygens (including phenoxy) is 1. The van der Waals surface area contributed by atoms with E-state index in [0.29, 0.717) is 6.42 Å². The van der Waals surface area contributed by atoms with Crippen LogP contribution in [-0.4, -0.2) is 30.3 Å². The first-order valence-electron chi connectivity index (χ1n) is 9.52. The second-order valence-electron chi connectivity index (χ2n) is 4.47. The largest absolute Gasteiger partial charge is 0.456 e. The summed E-state index contributed by atoms with van der Waals surface area (Å²) in [6.45, 7) is 14.8. The van der Waals surface area contributed by atoms with E-state index >= 15 is 0 Å². The van der Waals surface area contributed by atoms with Crippen LogP contribution in [0.1, 0.15) is 67.4 Å². The molecule has 0 bridgehead atoms. The standard InChI is InChI=1S/C15H19NO4.3C2H6/c1-3-14(18)16-13(15(19)20-10-11(2)17)9-12-7-5-4-6-8-12;3*1-2/h4-8,13H,3,9-10H2,1-2H3,(H,16,18);3*1-2H3. The summed E-state index contributed by atoms with van der Waals surface area (Å²) in [5.41, 5.74) is 0.911. The summed E-state index contributed by atoms with van der Waals surface area (Å²) in [6.07, 6.45) is 0.620. The summed E-state index contributed by atoms with van der Waals surface area (Å²) < 4.78 is 4.88. The van der Waals surface area contributed by atoms with E-state index in [1.807, 2.05) is 71.9 Å². The fraction of sp³-hybridized carbons (Fsp3) is 0.571. The van der Waals surface area contributed by atoms with E-state index in [9.17, 15) is 14.4 Å². The van der Waals surface area contributed by atoms with Crippen LogP contribution in [-0.2, 0) is 25.5 Å². The monoisotopic (exact) mass is 367 g/mol. The molecule has 5 nitrogen and oxygen atoms in total. The van der Waals surface area contributed by atoms with Crippen molar-refractivity contribution in [2.24, 2.45) is 0 Å². The average Bonchev–Trinajstić information content (AvgIpc) is 2.70. The predicted octanol–water partition coefficient (Wildman–Crippen LogP) is 4.33. The maximum Gasteiger partial charge on any atom is 0.329 e. The van der Waals surface area contributed by atoms with Gasteiger partial charge in [-0.3, -0.25) is 9.59 Å². The van der Waals surface area contributed by atoms with Gasteiger partial charge in [0.05, 0.1) is 0 Å². The van der Waals surface area contributed by atoms with Crippen LogP contribution in [0.2, 0.25) is 0 Å². The molecule has 5 heteroatoms. The third-order valence-corrected chi connectivity index (χ3v) is 2.64. The number of amides is 1. The molecule has 26 heavy (non-hydrogen) atoms. The maximum absolute atomic E-state index is 11.9. The number of Topliss-reactive ketones (excluding diaryl/α,β-unsaturated/α-hetero) is 1. The van der Waals surface area contributed by atoms with E-state index in [4.69, 9.17) is 4.74 Å². The van der Waals surface area contributed by atoms with Gasteiger partial charge in [0.25, 0.3) is 0 Å². The highest BCUT2D eigenvalue weighted by Gasteiger charge is 2.22. The van der Waals surface area contributed by atoms with Gasteiger partial charge in [-0.2, -0.15) is 0 Å². The quantitative estimate of drug-likeness (QED) is 0.728. The highest BCUT2D eigenvalue weighted by atomic mass is 16.5. The number of hydrogen-bond donors (Lipinski definition) is 1. The maximum atomic E-state index is 11.9. The van der Waals surface area contributed by atoms with Gasteiger partial charge in [0.1, 0.15) is 12.6 Å². The summed E-state index contributed by atoms with van der Waals surface area (Å²) in [4.78, 5) is 34.2. The zero-order chi connectivity index (χ0) is 21.0. The van der Waals surface area contributed by atoms with Crippen molar-refractivity contribution in [2.45, 2.75) is 74.3 Å². The minimum atomic E-state index is -0.774. The number of hydrogen-bond acceptors (Lipinski definition) is 4. The van der Waals surface area contributed by atoms with Gasteiger partial charge in [-0.1, -0.05) is 78.8 Å². The van der Waals surface area contributed by atoms with E-state index in [2.05, 4.69) is 5.32 Å². The molecule has 1 aromatic rings. The Labute approximate surface area is 159 Å². The van der Waals surface area contributed by atoms with Crippen LogP contribution in [0.3, 0.4) is 0 Å². The molecule has 0 aliphatic carbocycles. The van der Waals surface area contributed by atoms with E-state index < -0.39 is 12.0 Å². The summed E-state index contributed by atoms with van der Waals surface area (Å²) in [5, 5.41) is 2.61. The second kappa shape index (κ2) is 20.9. The molecule has 0 fully saturated rings. The fourth-order valence-corrected chi connectivity index (χ4v) is 1.61. The molecule has 1 N–H and O–H groups in total. The molecule has 1 aromatic carbocycles. The Hall–Kier alpha value is -2.17. The highest BCUT2D eigenvalue weighted by Crippen LogP contribution is 2.05. The molecule has 0 aliphatic rings. The molecule has 1 unspecified atom stereocenters. The summed E-state index contributed by atoms with van der Waals surface area (Å²) in [5.74, 6) is -1.06. The number of nitrogens with one attached hydrogen (secondary N) is 1. The number of carbonyl (C=O) groups excluding carboxylic acids is 3. The Kier molecular flexibility index (Phi) is 23.0. The average molecular weight is 368 g/mol. The fourth-order valence-electron chi connectivity index (χ4n) is 1.61. The Balaban J connectivity index is -0.000000795. The van der Waals surface area contributed by atoms with Gasteiger partial charge in [-0.05, 0) is 12.5 Å². The number of esters is 1. The first-order chi connectivity index (χ1) is 12.5. The minimum absolute atomic E-state index is 0.231. The SMILES string of the molecule is CC.CC.CC.CCC(=O)NC(Cc1ccccc1)C(=O)OCC(C)=O. The lowest BCUT2D eigenvalue weighted by Crippen LogP contribution is -2.43. The van der Waals surface area contributed by atoms with Crippen molar-refractivity contribution in [2.75, 3.05) is 6.61 Å². The predicted molar refractivity (Wildman–Crippen MR) is 108 cm³/mol. The van der Waals surface area contributed by atoms with Crippen molar-refractivity contribution in [3.05, 3.63) is 35.9 Å². The molecular formula is C21H37NO4. The van der Waals surface area contributed by atoms with Gasteiger partial charge < -0.3 is 10.1 Å². The summed E-state index contributed by atoms with van der Waals surface area (Å²) in [7, 11) is 0. The van der Waals surface area contributed by atoms with Crippen molar-refractivity contribution < 1.29 is 19.1 Å². The molecule has 1 rings (SSSR count). The smallest absolute Gasteiger partial charge is 0.329 e. The van der Waals surface area contributed by atoms with Gasteiger partial charge >= 0.3 is 5.97 Å². The zero-order valence-electron chi connectivity index (χ0n) is 17.7. The van der Waals surface area contributed by atoms with Crippen LogP contribution in [0.5, 0.6) is 0 Å². The Morgan fingerprint density at radius 1 is 0.962 bits per heavy atom. The lowest BCUT2D eigenvalue weighted by atomic mass is 10.1. The lowest BCUT2D eigenvalue weighted by molar-refractivity contribution is -0.150. The number of ketones is 1. The molecule has 0 aromatic heterocycles. The molecular weight excluding hydrogens is 330 g/mol. The molecule has 0 spiro atoms. The second-order valence-corrected chi connectivity index (χ2v) is 4.47. The van der Waals surface area contributed by atoms with Crippen LogP contribution < -0.4 is 5.32 Å². The van der Waals surface area contributed by atoms with Crippen molar-refractivity contribution in [3.8, 4) is 0 Å². The van der Waals surface area contributed by atoms with E-state index in [1.165, 1.54) is 6.92 Å². The Morgan fingerprint density at radius 3 is 1.88 bits per heavy atom. The third kappa shape index (κ3) is 15.4. The van der Waals surface area contributed by atoms with Gasteiger partial charge in [-0.15, -0.1) is 0 Å². The molecule has 0 aliphatic heterocycles. The first kappa shape index (κ1) is 28.6. The van der Waals surface area contributed by atoms with E-state index in [1.54, 1.807) is 6.92 Å². The van der Waals surface area contributed by atoms with Crippen molar-refractivity contribution in [1.29, 1.82) is 0 Å². The first-order valence-corrected chi connectivity index (χ1v) is 9.52. The molecule has 1 atom stereocenters. The van der Waals surface area contributed by atoms with Crippen molar-refractivity contribution in [1.82, 2.24) is 5.32 Å². The number of rotatable bonds is 7. The molecule has 0 heterocycles. The highest BCUT2D eigenvalue weighted by molar-refractivity contribution is 5.86. The number of carbonyl (C=O) groups is 3. The van der Waals surface area contributed by atoms with Gasteiger partial charge in [-0.25, -0.2) is 4.79 Å².